The number of rotatable bonds is 12. The molecule has 0 unspecified atom stereocenters. The van der Waals surface area contributed by atoms with Crippen LogP contribution in [0.5, 0.6) is 23.0 Å². The number of methoxy groups -OCH3 is 2. The molecule has 0 bridgehead atoms. The van der Waals surface area contributed by atoms with E-state index in [1.807, 2.05) is 13.8 Å². The van der Waals surface area contributed by atoms with E-state index in [-0.39, 0.29) is 34.1 Å². The molecule has 226 valence electrons. The molecule has 4 rings (SSSR count). The first-order chi connectivity index (χ1) is 20.5. The van der Waals surface area contributed by atoms with Gasteiger partial charge in [0.2, 0.25) is 0 Å². The van der Waals surface area contributed by atoms with Gasteiger partial charge in [0, 0.05) is 23.2 Å². The van der Waals surface area contributed by atoms with E-state index < -0.39 is 26.5 Å². The molecule has 0 heterocycles. The van der Waals surface area contributed by atoms with E-state index >= 15 is 0 Å². The Kier molecular flexibility index (Phi) is 9.75. The number of fused-ring (bicyclic) bond motifs is 1. The lowest BCUT2D eigenvalue weighted by Gasteiger charge is -2.11. The molecule has 0 saturated carbocycles. The average molecular weight is 610 g/mol. The average Bonchev–Trinajstić information content (AvgIpc) is 2.97. The topological polar surface area (TPSA) is 187 Å². The van der Waals surface area contributed by atoms with Gasteiger partial charge in [0.05, 0.1) is 32.6 Å². The van der Waals surface area contributed by atoms with Gasteiger partial charge in [0.15, 0.2) is 5.75 Å². The van der Waals surface area contributed by atoms with E-state index in [1.165, 1.54) is 44.6 Å². The molecule has 14 heteroatoms. The van der Waals surface area contributed by atoms with Crippen LogP contribution in [0.3, 0.4) is 0 Å². The number of hydrogen-bond donors (Lipinski definition) is 3. The molecule has 4 aromatic rings. The van der Waals surface area contributed by atoms with Gasteiger partial charge in [-0.1, -0.05) is 0 Å². The van der Waals surface area contributed by atoms with Crippen LogP contribution in [0.1, 0.15) is 13.8 Å². The minimum atomic E-state index is -4.80. The molecule has 0 aliphatic rings. The molecular formula is C29H31N5O8S. The summed E-state index contributed by atoms with van der Waals surface area (Å²) in [6.45, 7) is 4.82. The zero-order valence-corrected chi connectivity index (χ0v) is 24.7. The van der Waals surface area contributed by atoms with Crippen LogP contribution in [-0.2, 0) is 14.9 Å². The summed E-state index contributed by atoms with van der Waals surface area (Å²) in [6.07, 6.45) is 0.135. The molecule has 0 aromatic heterocycles. The highest BCUT2D eigenvalue weighted by atomic mass is 32.2. The molecule has 0 saturated heterocycles. The van der Waals surface area contributed by atoms with Crippen molar-refractivity contribution in [2.45, 2.75) is 24.8 Å². The molecule has 13 nitrogen and oxygen atoms in total. The Morgan fingerprint density at radius 3 is 2.05 bits per heavy atom. The van der Waals surface area contributed by atoms with Crippen LogP contribution in [0.2, 0.25) is 0 Å². The summed E-state index contributed by atoms with van der Waals surface area (Å²) in [5.74, 6) is 0.619. The summed E-state index contributed by atoms with van der Waals surface area (Å²) in [6, 6.07) is 15.6. The molecule has 0 aliphatic carbocycles. The molecule has 0 atom stereocenters. The Labute approximate surface area is 248 Å². The fraction of sp³-hybridized carbons (Fsp3) is 0.241. The maximum Gasteiger partial charge on any atom is 0.296 e. The van der Waals surface area contributed by atoms with Crippen molar-refractivity contribution in [3.8, 4) is 23.0 Å². The number of nitrogens with zero attached hydrogens (tertiary/aromatic N) is 4. The highest BCUT2D eigenvalue weighted by Crippen LogP contribution is 2.44. The Morgan fingerprint density at radius 2 is 1.47 bits per heavy atom. The van der Waals surface area contributed by atoms with Crippen LogP contribution in [0.15, 0.2) is 86.0 Å². The van der Waals surface area contributed by atoms with Crippen molar-refractivity contribution in [1.82, 2.24) is 0 Å². The standard InChI is InChI=1S/C29H31N5O8S/c1-17(2)41-11-12-42-21-8-6-20(7-9-21)31-32-23-15-26(40-4)24(16-25(23)39-3)33-34-28-27(43(36,37)38)14-18-13-19(30)5-10-22(18)29(28)35/h5-10,13-17,35H,11-12,30H2,1-4H3,(H,36,37,38). The van der Waals surface area contributed by atoms with Gasteiger partial charge in [-0.2, -0.15) is 13.5 Å². The predicted octanol–water partition coefficient (Wildman–Crippen LogP) is 7.03. The molecule has 0 radical (unpaired) electrons. The van der Waals surface area contributed by atoms with Crippen molar-refractivity contribution in [3.63, 3.8) is 0 Å². The summed E-state index contributed by atoms with van der Waals surface area (Å²) < 4.78 is 56.1. The van der Waals surface area contributed by atoms with Crippen molar-refractivity contribution in [1.29, 1.82) is 0 Å². The van der Waals surface area contributed by atoms with E-state index in [9.17, 15) is 18.1 Å². The molecule has 0 spiro atoms. The fourth-order valence-electron chi connectivity index (χ4n) is 3.95. The van der Waals surface area contributed by atoms with Gasteiger partial charge < -0.3 is 29.8 Å². The first-order valence-corrected chi connectivity index (χ1v) is 14.4. The minimum absolute atomic E-state index is 0.124. The SMILES string of the molecule is COc1cc(N=Nc2c(S(=O)(=O)O)cc3cc(N)ccc3c2O)c(OC)cc1N=Nc1ccc(OCCOC(C)C)cc1. The Bertz CT molecular complexity index is 1770. The first kappa shape index (κ1) is 31.2. The van der Waals surface area contributed by atoms with Crippen molar-refractivity contribution >= 4 is 49.3 Å². The number of nitrogens with two attached hydrogens (primary N) is 1. The van der Waals surface area contributed by atoms with Crippen LogP contribution in [0, 0.1) is 0 Å². The molecule has 0 fully saturated rings. The second kappa shape index (κ2) is 13.5. The second-order valence-electron chi connectivity index (χ2n) is 9.39. The van der Waals surface area contributed by atoms with E-state index in [0.29, 0.717) is 36.0 Å². The Balaban J connectivity index is 1.62. The highest BCUT2D eigenvalue weighted by Gasteiger charge is 2.22. The quantitative estimate of drug-likeness (QED) is 0.0656. The summed E-state index contributed by atoms with van der Waals surface area (Å²) in [4.78, 5) is -0.650. The maximum atomic E-state index is 12.1. The number of anilines is 1. The lowest BCUT2D eigenvalue weighted by molar-refractivity contribution is 0.0553. The van der Waals surface area contributed by atoms with Crippen molar-refractivity contribution < 1.29 is 37.0 Å². The van der Waals surface area contributed by atoms with Gasteiger partial charge in [-0.05, 0) is 67.8 Å². The number of hydrogen-bond acceptors (Lipinski definition) is 12. The number of phenolic OH excluding ortho intramolecular Hbond substituents is 1. The summed E-state index contributed by atoms with van der Waals surface area (Å²) in [5.41, 5.74) is 6.65. The van der Waals surface area contributed by atoms with Crippen molar-refractivity contribution in [2.24, 2.45) is 20.5 Å². The molecule has 0 amide bonds. The summed E-state index contributed by atoms with van der Waals surface area (Å²) in [7, 11) is -1.98. The van der Waals surface area contributed by atoms with Gasteiger partial charge in [0.1, 0.15) is 45.8 Å². The van der Waals surface area contributed by atoms with Crippen LogP contribution < -0.4 is 19.9 Å². The lowest BCUT2D eigenvalue weighted by atomic mass is 10.1. The number of phenols is 1. The van der Waals surface area contributed by atoms with Gasteiger partial charge >= 0.3 is 0 Å². The van der Waals surface area contributed by atoms with E-state index in [4.69, 9.17) is 24.7 Å². The van der Waals surface area contributed by atoms with Gasteiger partial charge in [-0.15, -0.1) is 15.3 Å². The van der Waals surface area contributed by atoms with Crippen LogP contribution in [-0.4, -0.2) is 51.6 Å². The Morgan fingerprint density at radius 1 is 0.837 bits per heavy atom. The minimum Gasteiger partial charge on any atom is -0.505 e. The molecule has 43 heavy (non-hydrogen) atoms. The molecule has 4 aromatic carbocycles. The van der Waals surface area contributed by atoms with Gasteiger partial charge in [0.25, 0.3) is 10.1 Å². The number of benzene rings is 4. The monoisotopic (exact) mass is 609 g/mol. The van der Waals surface area contributed by atoms with Crippen LogP contribution in [0.25, 0.3) is 10.8 Å². The predicted molar refractivity (Wildman–Crippen MR) is 161 cm³/mol. The third-order valence-electron chi connectivity index (χ3n) is 6.00. The largest absolute Gasteiger partial charge is 0.505 e. The van der Waals surface area contributed by atoms with Crippen LogP contribution in [0.4, 0.5) is 28.4 Å². The van der Waals surface area contributed by atoms with Crippen LogP contribution >= 0.6 is 0 Å². The fourth-order valence-corrected chi connectivity index (χ4v) is 4.61. The first-order valence-electron chi connectivity index (χ1n) is 13.0. The van der Waals surface area contributed by atoms with E-state index in [1.54, 1.807) is 24.3 Å². The van der Waals surface area contributed by atoms with Gasteiger partial charge in [-0.25, -0.2) is 0 Å². The molecular weight excluding hydrogens is 578 g/mol. The Hall–Kier alpha value is -4.79. The number of ether oxygens (including phenoxy) is 4. The number of nitrogen functional groups attached to an aromatic ring is 1. The third-order valence-corrected chi connectivity index (χ3v) is 6.87. The van der Waals surface area contributed by atoms with Gasteiger partial charge in [-0.3, -0.25) is 4.55 Å². The highest BCUT2D eigenvalue weighted by molar-refractivity contribution is 7.86. The van der Waals surface area contributed by atoms with E-state index in [0.717, 1.165) is 6.07 Å². The third kappa shape index (κ3) is 7.74. The summed E-state index contributed by atoms with van der Waals surface area (Å²) in [5, 5.41) is 27.9. The number of azo groups is 2. The normalized spacial score (nSPS) is 12.0. The zero-order valence-electron chi connectivity index (χ0n) is 23.9. The number of aromatic hydroxyl groups is 1. The summed E-state index contributed by atoms with van der Waals surface area (Å²) >= 11 is 0. The molecule has 4 N–H and O–H groups in total. The lowest BCUT2D eigenvalue weighted by Crippen LogP contribution is -2.11. The smallest absolute Gasteiger partial charge is 0.296 e. The van der Waals surface area contributed by atoms with Crippen molar-refractivity contribution in [3.05, 3.63) is 60.7 Å². The van der Waals surface area contributed by atoms with E-state index in [2.05, 4.69) is 20.5 Å². The second-order valence-corrected chi connectivity index (χ2v) is 10.8. The van der Waals surface area contributed by atoms with Crippen molar-refractivity contribution in [2.75, 3.05) is 33.2 Å². The maximum absolute atomic E-state index is 12.1. The molecule has 0 aliphatic heterocycles. The zero-order chi connectivity index (χ0) is 31.1.